The lowest BCUT2D eigenvalue weighted by Crippen LogP contribution is -2.43. The van der Waals surface area contributed by atoms with Crippen LogP contribution in [0.1, 0.15) is 89.2 Å². The minimum Gasteiger partial charge on any atom is -0.491 e. The normalized spacial score (nSPS) is 17.0. The number of aromatic nitrogens is 1. The van der Waals surface area contributed by atoms with Crippen LogP contribution in [-0.4, -0.2) is 99.1 Å². The summed E-state index contributed by atoms with van der Waals surface area (Å²) in [5, 5.41) is 0. The van der Waals surface area contributed by atoms with Gasteiger partial charge in [0.2, 0.25) is 5.91 Å². The van der Waals surface area contributed by atoms with Crippen LogP contribution < -0.4 is 4.74 Å². The van der Waals surface area contributed by atoms with E-state index in [1.54, 1.807) is 41.6 Å². The van der Waals surface area contributed by atoms with Crippen LogP contribution in [0.3, 0.4) is 0 Å². The van der Waals surface area contributed by atoms with Crippen molar-refractivity contribution in [1.29, 1.82) is 0 Å². The van der Waals surface area contributed by atoms with Crippen LogP contribution >= 0.6 is 0 Å². The summed E-state index contributed by atoms with van der Waals surface area (Å²) in [6.45, 7) is 9.45. The molecule has 314 valence electrons. The number of likely N-dealkylation sites (tertiary alicyclic amines) is 2. The molecule has 3 heterocycles. The fourth-order valence-corrected chi connectivity index (χ4v) is 8.26. The lowest BCUT2D eigenvalue weighted by molar-refractivity contribution is -0.141. The summed E-state index contributed by atoms with van der Waals surface area (Å²) in [5.41, 5.74) is 2.63. The Labute approximate surface area is 342 Å². The molecule has 14 heteroatoms. The molecule has 2 aromatic carbocycles. The Morgan fingerprint density at radius 2 is 1.62 bits per heavy atom. The van der Waals surface area contributed by atoms with Crippen LogP contribution in [0.5, 0.6) is 5.75 Å². The molecule has 0 N–H and O–H groups in total. The van der Waals surface area contributed by atoms with E-state index in [2.05, 4.69) is 4.98 Å². The first-order chi connectivity index (χ1) is 27.6. The number of nitrogens with zero attached hydrogens (tertiary/aromatic N) is 3. The summed E-state index contributed by atoms with van der Waals surface area (Å²) >= 11 is 0. The number of carbonyl (C=O) groups excluding carboxylic acids is 4. The maximum absolute atomic E-state index is 13.9. The fraction of sp³-hybridized carbons (Fsp3) is 0.523. The highest BCUT2D eigenvalue weighted by atomic mass is 32.2. The molecule has 2 amide bonds. The summed E-state index contributed by atoms with van der Waals surface area (Å²) in [4.78, 5) is 60.3. The Morgan fingerprint density at radius 1 is 0.879 bits per heavy atom. The molecule has 2 saturated heterocycles. The number of aryl methyl sites for hydroxylation is 1. The number of rotatable bonds is 16. The standard InChI is InChI=1S/C44H57N3O10S/c1-31-11-14-39(15-12-31)58(52,53)56-23-22-55-38-10-6-8-33(25-38)36-24-37(29-45-28-36)35(27-42(50)54-5)26-40(48)34-9-7-19-47(30-34)41(49)16-13-32-17-20-46(21-18-32)43(51)57-44(2,3)4/h6,8,10-12,14-15,24-25,28-29,32,34-35H,7,9,13,16-23,26-27,30H2,1-5H3/t34-,35?/m1/s1. The second-order valence-electron chi connectivity index (χ2n) is 16.2. The zero-order valence-electron chi connectivity index (χ0n) is 34.3. The molecule has 0 aliphatic carbocycles. The number of carbonyl (C=O) groups is 4. The quantitative estimate of drug-likeness (QED) is 0.0824. The minimum absolute atomic E-state index is 0.00288. The lowest BCUT2D eigenvalue weighted by Gasteiger charge is -2.35. The third-order valence-corrected chi connectivity index (χ3v) is 12.0. The molecular formula is C44H57N3O10S. The van der Waals surface area contributed by atoms with E-state index in [-0.39, 0.29) is 54.7 Å². The van der Waals surface area contributed by atoms with Crippen molar-refractivity contribution in [3.8, 4) is 16.9 Å². The van der Waals surface area contributed by atoms with Crippen LogP contribution in [0, 0.1) is 18.8 Å². The van der Waals surface area contributed by atoms with Gasteiger partial charge in [0.1, 0.15) is 30.3 Å². The molecular weight excluding hydrogens is 763 g/mol. The predicted molar refractivity (Wildman–Crippen MR) is 218 cm³/mol. The van der Waals surface area contributed by atoms with Crippen molar-refractivity contribution >= 4 is 33.9 Å². The Bertz CT molecular complexity index is 1990. The van der Waals surface area contributed by atoms with E-state index in [1.807, 2.05) is 50.8 Å². The van der Waals surface area contributed by atoms with Gasteiger partial charge in [0.15, 0.2) is 0 Å². The fourth-order valence-electron chi connectivity index (χ4n) is 7.37. The molecule has 0 spiro atoms. The number of hydrogen-bond donors (Lipinski definition) is 0. The number of hydrogen-bond acceptors (Lipinski definition) is 11. The van der Waals surface area contributed by atoms with E-state index >= 15 is 0 Å². The molecule has 5 rings (SSSR count). The molecule has 13 nitrogen and oxygen atoms in total. The first-order valence-electron chi connectivity index (χ1n) is 20.1. The van der Waals surface area contributed by atoms with Gasteiger partial charge in [0, 0.05) is 68.8 Å². The van der Waals surface area contributed by atoms with Crippen LogP contribution in [-0.2, 0) is 38.2 Å². The second kappa shape index (κ2) is 20.2. The molecule has 0 radical (unpaired) electrons. The van der Waals surface area contributed by atoms with Gasteiger partial charge in [-0.05, 0) is 107 Å². The first kappa shape index (κ1) is 44.3. The number of ketones is 1. The van der Waals surface area contributed by atoms with E-state index in [4.69, 9.17) is 18.4 Å². The second-order valence-corrected chi connectivity index (χ2v) is 17.9. The number of Topliss-reactive ketones (excluding diaryl/α,β-unsaturated/α-hetero) is 1. The molecule has 2 aliphatic heterocycles. The van der Waals surface area contributed by atoms with Crippen molar-refractivity contribution in [3.63, 3.8) is 0 Å². The minimum atomic E-state index is -3.92. The van der Waals surface area contributed by atoms with E-state index in [0.29, 0.717) is 56.3 Å². The first-order valence-corrected chi connectivity index (χ1v) is 21.5. The van der Waals surface area contributed by atoms with E-state index in [0.717, 1.165) is 42.4 Å². The molecule has 2 fully saturated rings. The molecule has 1 aromatic heterocycles. The Hall–Kier alpha value is -4.82. The van der Waals surface area contributed by atoms with Crippen LogP contribution in [0.4, 0.5) is 4.79 Å². The molecule has 3 aromatic rings. The lowest BCUT2D eigenvalue weighted by atomic mass is 9.84. The Kier molecular flexibility index (Phi) is 15.5. The van der Waals surface area contributed by atoms with Gasteiger partial charge in [-0.15, -0.1) is 0 Å². The largest absolute Gasteiger partial charge is 0.491 e. The predicted octanol–water partition coefficient (Wildman–Crippen LogP) is 7.11. The molecule has 58 heavy (non-hydrogen) atoms. The maximum atomic E-state index is 13.9. The maximum Gasteiger partial charge on any atom is 0.410 e. The highest BCUT2D eigenvalue weighted by Gasteiger charge is 2.32. The van der Waals surface area contributed by atoms with E-state index in [1.165, 1.54) is 19.2 Å². The van der Waals surface area contributed by atoms with Crippen molar-refractivity contribution in [2.75, 3.05) is 46.5 Å². The van der Waals surface area contributed by atoms with Crippen LogP contribution in [0.15, 0.2) is 71.9 Å². The Balaban J connectivity index is 1.15. The monoisotopic (exact) mass is 819 g/mol. The summed E-state index contributed by atoms with van der Waals surface area (Å²) in [7, 11) is -2.60. The van der Waals surface area contributed by atoms with Gasteiger partial charge in [-0.1, -0.05) is 29.8 Å². The summed E-state index contributed by atoms with van der Waals surface area (Å²) in [6, 6.07) is 15.6. The highest BCUT2D eigenvalue weighted by molar-refractivity contribution is 7.86. The highest BCUT2D eigenvalue weighted by Crippen LogP contribution is 2.32. The van der Waals surface area contributed by atoms with Crippen molar-refractivity contribution < 1.29 is 46.0 Å². The summed E-state index contributed by atoms with van der Waals surface area (Å²) in [5.74, 6) is -0.385. The van der Waals surface area contributed by atoms with Gasteiger partial charge in [-0.3, -0.25) is 23.6 Å². The topological polar surface area (TPSA) is 159 Å². The van der Waals surface area contributed by atoms with Crippen molar-refractivity contribution in [3.05, 3.63) is 78.1 Å². The van der Waals surface area contributed by atoms with Gasteiger partial charge < -0.3 is 24.0 Å². The number of esters is 1. The zero-order valence-corrected chi connectivity index (χ0v) is 35.1. The smallest absolute Gasteiger partial charge is 0.410 e. The molecule has 2 atom stereocenters. The zero-order chi connectivity index (χ0) is 41.9. The van der Waals surface area contributed by atoms with E-state index in [9.17, 15) is 27.6 Å². The number of pyridine rings is 1. The van der Waals surface area contributed by atoms with Crippen LogP contribution in [0.25, 0.3) is 11.1 Å². The number of methoxy groups -OCH3 is 1. The number of amides is 2. The third-order valence-electron chi connectivity index (χ3n) is 10.6. The van der Waals surface area contributed by atoms with Crippen LogP contribution in [0.2, 0.25) is 0 Å². The average Bonchev–Trinajstić information content (AvgIpc) is 3.21. The van der Waals surface area contributed by atoms with Gasteiger partial charge >= 0.3 is 12.1 Å². The summed E-state index contributed by atoms with van der Waals surface area (Å²) in [6.07, 6.45) is 7.31. The number of piperidine rings is 2. The third kappa shape index (κ3) is 13.1. The van der Waals surface area contributed by atoms with Gasteiger partial charge in [-0.25, -0.2) is 4.79 Å². The summed E-state index contributed by atoms with van der Waals surface area (Å²) < 4.78 is 46.5. The average molecular weight is 820 g/mol. The van der Waals surface area contributed by atoms with Gasteiger partial charge in [0.25, 0.3) is 10.1 Å². The molecule has 1 unspecified atom stereocenters. The molecule has 2 aliphatic rings. The van der Waals surface area contributed by atoms with Gasteiger partial charge in [-0.2, -0.15) is 8.42 Å². The van der Waals surface area contributed by atoms with Crippen molar-refractivity contribution in [2.45, 2.75) is 95.5 Å². The number of benzene rings is 2. The van der Waals surface area contributed by atoms with Crippen molar-refractivity contribution in [2.24, 2.45) is 11.8 Å². The number of ether oxygens (including phenoxy) is 3. The SMILES string of the molecule is COC(=O)CC(CC(=O)[C@@H]1CCCN(C(=O)CCC2CCN(C(=O)OC(C)(C)C)CC2)C1)c1cncc(-c2cccc(OCCOS(=O)(=O)c3ccc(C)cc3)c2)c1. The van der Waals surface area contributed by atoms with Gasteiger partial charge in [0.05, 0.1) is 18.4 Å². The van der Waals surface area contributed by atoms with Crippen molar-refractivity contribution in [1.82, 2.24) is 14.8 Å². The van der Waals surface area contributed by atoms with E-state index < -0.39 is 27.6 Å². The molecule has 0 bridgehead atoms. The molecule has 0 saturated carbocycles. The Morgan fingerprint density at radius 3 is 2.33 bits per heavy atom.